The lowest BCUT2D eigenvalue weighted by atomic mass is 9.96. The number of guanidine groups is 1. The lowest BCUT2D eigenvalue weighted by Gasteiger charge is -2.23. The van der Waals surface area contributed by atoms with Crippen LogP contribution >= 0.6 is 0 Å². The van der Waals surface area contributed by atoms with Crippen molar-refractivity contribution >= 4 is 5.96 Å². The van der Waals surface area contributed by atoms with E-state index < -0.39 is 0 Å². The van der Waals surface area contributed by atoms with Gasteiger partial charge in [-0.2, -0.15) is 0 Å². The molecule has 24 heavy (non-hydrogen) atoms. The number of aliphatic hydroxyl groups is 1. The molecule has 1 saturated heterocycles. The normalized spacial score (nSPS) is 23.5. The van der Waals surface area contributed by atoms with Gasteiger partial charge in [0, 0.05) is 25.7 Å². The number of β-amino-alcohol motifs (C(OH)–C–C–N with tert-alkyl or cyclic N) is 1. The molecule has 0 bridgehead atoms. The van der Waals surface area contributed by atoms with Gasteiger partial charge in [0.2, 0.25) is 0 Å². The Kier molecular flexibility index (Phi) is 6.10. The van der Waals surface area contributed by atoms with E-state index >= 15 is 0 Å². The van der Waals surface area contributed by atoms with Crippen molar-refractivity contribution in [3.05, 3.63) is 35.4 Å². The van der Waals surface area contributed by atoms with Gasteiger partial charge in [-0.25, -0.2) is 4.99 Å². The predicted octanol–water partition coefficient (Wildman–Crippen LogP) is 1.99. The number of benzene rings is 1. The molecule has 1 aliphatic heterocycles. The lowest BCUT2D eigenvalue weighted by Crippen LogP contribution is -2.41. The second kappa shape index (κ2) is 8.49. The molecule has 1 atom stereocenters. The number of likely N-dealkylation sites (tertiary alicyclic amines) is 1. The van der Waals surface area contributed by atoms with E-state index in [2.05, 4.69) is 39.5 Å². The van der Waals surface area contributed by atoms with Crippen LogP contribution in [-0.2, 0) is 13.1 Å². The molecule has 1 heterocycles. The summed E-state index contributed by atoms with van der Waals surface area (Å²) < 4.78 is 0. The summed E-state index contributed by atoms with van der Waals surface area (Å²) in [5.74, 6) is 0.563. The van der Waals surface area contributed by atoms with Crippen molar-refractivity contribution in [2.75, 3.05) is 13.1 Å². The topological polar surface area (TPSA) is 73.9 Å². The second-order valence-electron chi connectivity index (χ2n) is 7.13. The molecule has 1 aromatic rings. The highest BCUT2D eigenvalue weighted by molar-refractivity contribution is 5.78. The van der Waals surface area contributed by atoms with Crippen molar-refractivity contribution in [1.29, 1.82) is 0 Å². The Labute approximate surface area is 145 Å². The highest BCUT2D eigenvalue weighted by Crippen LogP contribution is 2.18. The first-order valence-electron chi connectivity index (χ1n) is 9.24. The third kappa shape index (κ3) is 4.95. The molecule has 5 heteroatoms. The van der Waals surface area contributed by atoms with Gasteiger partial charge in [-0.05, 0) is 30.4 Å². The first-order chi connectivity index (χ1) is 11.7. The van der Waals surface area contributed by atoms with Crippen molar-refractivity contribution < 1.29 is 5.11 Å². The zero-order valence-electron chi connectivity index (χ0n) is 14.5. The largest absolute Gasteiger partial charge is 0.392 e. The van der Waals surface area contributed by atoms with Crippen LogP contribution in [0.2, 0.25) is 0 Å². The smallest absolute Gasteiger partial charge is 0.189 e. The third-order valence-electron chi connectivity index (χ3n) is 5.14. The maximum Gasteiger partial charge on any atom is 0.189 e. The monoisotopic (exact) mass is 330 g/mol. The van der Waals surface area contributed by atoms with Gasteiger partial charge in [-0.3, -0.25) is 4.90 Å². The Hall–Kier alpha value is -1.59. The number of aliphatic hydroxyl groups excluding tert-OH is 1. The van der Waals surface area contributed by atoms with Gasteiger partial charge >= 0.3 is 0 Å². The fourth-order valence-electron chi connectivity index (χ4n) is 3.73. The average molecular weight is 330 g/mol. The van der Waals surface area contributed by atoms with E-state index in [0.29, 0.717) is 18.5 Å². The molecule has 2 aliphatic rings. The second-order valence-corrected chi connectivity index (χ2v) is 7.13. The number of nitrogens with two attached hydrogens (primary N) is 1. The SMILES string of the molecule is NC(=NCc1ccccc1CN1CCC(O)C1)NC1CCCCC1. The van der Waals surface area contributed by atoms with Crippen molar-refractivity contribution in [2.24, 2.45) is 10.7 Å². The van der Waals surface area contributed by atoms with Crippen LogP contribution in [-0.4, -0.2) is 41.2 Å². The van der Waals surface area contributed by atoms with Crippen molar-refractivity contribution in [1.82, 2.24) is 10.2 Å². The van der Waals surface area contributed by atoms with E-state index in [-0.39, 0.29) is 6.10 Å². The van der Waals surface area contributed by atoms with E-state index in [1.807, 2.05) is 0 Å². The molecular formula is C19H30N4O. The molecule has 0 radical (unpaired) electrons. The minimum Gasteiger partial charge on any atom is -0.392 e. The maximum absolute atomic E-state index is 9.69. The number of nitrogens with one attached hydrogen (secondary N) is 1. The average Bonchev–Trinajstić information content (AvgIpc) is 3.00. The zero-order valence-corrected chi connectivity index (χ0v) is 14.5. The van der Waals surface area contributed by atoms with Crippen molar-refractivity contribution in [2.45, 2.75) is 63.8 Å². The van der Waals surface area contributed by atoms with E-state index in [1.165, 1.54) is 43.2 Å². The Balaban J connectivity index is 1.56. The van der Waals surface area contributed by atoms with Crippen LogP contribution < -0.4 is 11.1 Å². The van der Waals surface area contributed by atoms with Gasteiger partial charge in [0.25, 0.3) is 0 Å². The van der Waals surface area contributed by atoms with Crippen molar-refractivity contribution in [3.63, 3.8) is 0 Å². The highest BCUT2D eigenvalue weighted by atomic mass is 16.3. The molecule has 0 aromatic heterocycles. The molecule has 2 fully saturated rings. The Bertz CT molecular complexity index is 554. The summed E-state index contributed by atoms with van der Waals surface area (Å²) in [4.78, 5) is 6.86. The van der Waals surface area contributed by atoms with E-state index in [4.69, 9.17) is 5.73 Å². The predicted molar refractivity (Wildman–Crippen MR) is 97.7 cm³/mol. The van der Waals surface area contributed by atoms with Gasteiger partial charge in [0.15, 0.2) is 5.96 Å². The number of rotatable bonds is 5. The highest BCUT2D eigenvalue weighted by Gasteiger charge is 2.20. The molecule has 132 valence electrons. The quantitative estimate of drug-likeness (QED) is 0.570. The van der Waals surface area contributed by atoms with Crippen molar-refractivity contribution in [3.8, 4) is 0 Å². The molecule has 1 unspecified atom stereocenters. The number of nitrogens with zero attached hydrogens (tertiary/aromatic N) is 2. The number of hydrogen-bond acceptors (Lipinski definition) is 3. The summed E-state index contributed by atoms with van der Waals surface area (Å²) in [5, 5.41) is 13.1. The molecule has 1 aliphatic carbocycles. The Morgan fingerprint density at radius 1 is 1.17 bits per heavy atom. The van der Waals surface area contributed by atoms with Crippen LogP contribution in [0.1, 0.15) is 49.7 Å². The third-order valence-corrected chi connectivity index (χ3v) is 5.14. The Morgan fingerprint density at radius 2 is 1.92 bits per heavy atom. The lowest BCUT2D eigenvalue weighted by molar-refractivity contribution is 0.174. The van der Waals surface area contributed by atoms with Crippen LogP contribution in [0, 0.1) is 0 Å². The van der Waals surface area contributed by atoms with Crippen LogP contribution in [0.4, 0.5) is 0 Å². The molecule has 0 spiro atoms. The van der Waals surface area contributed by atoms with E-state index in [1.54, 1.807) is 0 Å². The van der Waals surface area contributed by atoms with Gasteiger partial charge in [0.1, 0.15) is 0 Å². The van der Waals surface area contributed by atoms with Gasteiger partial charge in [-0.1, -0.05) is 43.5 Å². The Morgan fingerprint density at radius 3 is 2.62 bits per heavy atom. The molecule has 0 amide bonds. The maximum atomic E-state index is 9.69. The van der Waals surface area contributed by atoms with Gasteiger partial charge < -0.3 is 16.2 Å². The minimum atomic E-state index is -0.175. The van der Waals surface area contributed by atoms with Crippen LogP contribution in [0.15, 0.2) is 29.3 Å². The molecule has 1 aromatic carbocycles. The number of aliphatic imine (C=N–C) groups is 1. The zero-order chi connectivity index (χ0) is 16.8. The molecule has 1 saturated carbocycles. The summed E-state index contributed by atoms with van der Waals surface area (Å²) in [6, 6.07) is 8.89. The van der Waals surface area contributed by atoms with E-state index in [0.717, 1.165) is 26.1 Å². The van der Waals surface area contributed by atoms with E-state index in [9.17, 15) is 5.11 Å². The van der Waals surface area contributed by atoms with Gasteiger partial charge in [-0.15, -0.1) is 0 Å². The molecule has 3 rings (SSSR count). The summed E-state index contributed by atoms with van der Waals surface area (Å²) in [7, 11) is 0. The van der Waals surface area contributed by atoms with Crippen LogP contribution in [0.5, 0.6) is 0 Å². The summed E-state index contributed by atoms with van der Waals surface area (Å²) >= 11 is 0. The van der Waals surface area contributed by atoms with Crippen LogP contribution in [0.3, 0.4) is 0 Å². The number of hydrogen-bond donors (Lipinski definition) is 3. The summed E-state index contributed by atoms with van der Waals surface area (Å²) in [6.45, 7) is 3.21. The summed E-state index contributed by atoms with van der Waals surface area (Å²) in [5.41, 5.74) is 8.57. The molecule has 4 N–H and O–H groups in total. The molecule has 5 nitrogen and oxygen atoms in total. The van der Waals surface area contributed by atoms with Crippen LogP contribution in [0.25, 0.3) is 0 Å². The fourth-order valence-corrected chi connectivity index (χ4v) is 3.73. The van der Waals surface area contributed by atoms with Gasteiger partial charge in [0.05, 0.1) is 12.6 Å². The summed E-state index contributed by atoms with van der Waals surface area (Å²) in [6.07, 6.45) is 7.01. The first-order valence-corrected chi connectivity index (χ1v) is 9.24. The standard InChI is InChI=1S/C19H30N4O/c20-19(22-17-8-2-1-3-9-17)21-12-15-6-4-5-7-16(15)13-23-11-10-18(24)14-23/h4-7,17-18,24H,1-3,8-14H2,(H3,20,21,22). The molecular weight excluding hydrogens is 300 g/mol. The first kappa shape index (κ1) is 17.2. The minimum absolute atomic E-state index is 0.175. The fraction of sp³-hybridized carbons (Fsp3) is 0.632.